The number of hydrogen-bond acceptors (Lipinski definition) is 4. The maximum atomic E-state index is 14.5. The van der Waals surface area contributed by atoms with Gasteiger partial charge >= 0.3 is 5.97 Å². The van der Waals surface area contributed by atoms with Crippen LogP contribution in [0, 0.1) is 18.6 Å². The van der Waals surface area contributed by atoms with Gasteiger partial charge in [0.15, 0.2) is 11.6 Å². The van der Waals surface area contributed by atoms with Crippen molar-refractivity contribution in [3.05, 3.63) is 130 Å². The molecule has 40 heavy (non-hydrogen) atoms. The number of rotatable bonds is 8. The summed E-state index contributed by atoms with van der Waals surface area (Å²) in [5.41, 5.74) is 3.71. The highest BCUT2D eigenvalue weighted by Gasteiger charge is 2.40. The quantitative estimate of drug-likeness (QED) is 0.295. The number of ether oxygens (including phenoxy) is 2. The van der Waals surface area contributed by atoms with Crippen molar-refractivity contribution in [2.45, 2.75) is 38.6 Å². The Labute approximate surface area is 230 Å². The number of carbonyl (C=O) groups is 2. The summed E-state index contributed by atoms with van der Waals surface area (Å²) < 4.78 is 40.0. The van der Waals surface area contributed by atoms with Crippen LogP contribution in [0.1, 0.15) is 33.9 Å². The zero-order chi connectivity index (χ0) is 28.2. The van der Waals surface area contributed by atoms with Crippen molar-refractivity contribution in [2.24, 2.45) is 0 Å². The van der Waals surface area contributed by atoms with E-state index in [0.717, 1.165) is 34.4 Å². The predicted octanol–water partition coefficient (Wildman–Crippen LogP) is 6.01. The topological polar surface area (TPSA) is 76.1 Å². The summed E-state index contributed by atoms with van der Waals surface area (Å²) in [5, 5.41) is 10.2. The Balaban J connectivity index is 1.48. The molecular weight excluding hydrogens is 516 g/mol. The van der Waals surface area contributed by atoms with E-state index in [2.05, 4.69) is 0 Å². The van der Waals surface area contributed by atoms with Gasteiger partial charge in [-0.15, -0.1) is 0 Å². The number of carboxylic acids is 1. The minimum atomic E-state index is -1.36. The van der Waals surface area contributed by atoms with Crippen molar-refractivity contribution in [1.29, 1.82) is 0 Å². The number of halogens is 2. The van der Waals surface area contributed by atoms with Gasteiger partial charge in [-0.1, -0.05) is 72.8 Å². The van der Waals surface area contributed by atoms with Crippen LogP contribution in [0.4, 0.5) is 8.78 Å². The fraction of sp³-hybridized carbons (Fsp3) is 0.188. The van der Waals surface area contributed by atoms with E-state index in [1.807, 2.05) is 49.4 Å². The molecule has 0 radical (unpaired) electrons. The Morgan fingerprint density at radius 1 is 0.975 bits per heavy atom. The number of nitrogens with zero attached hydrogens (tertiary/aromatic N) is 1. The van der Waals surface area contributed by atoms with Crippen LogP contribution in [0.15, 0.2) is 91.0 Å². The Morgan fingerprint density at radius 2 is 1.68 bits per heavy atom. The highest BCUT2D eigenvalue weighted by Crippen LogP contribution is 2.36. The molecule has 1 amide bonds. The number of hydrogen-bond donors (Lipinski definition) is 1. The molecule has 1 aliphatic rings. The number of carboxylic acid groups (broad SMARTS) is 1. The first kappa shape index (κ1) is 26.9. The molecule has 0 saturated carbocycles. The zero-order valence-corrected chi connectivity index (χ0v) is 21.7. The SMILES string of the molecule is Cc1ccc2c(c1OCc1ccccc1)C[C@H](C(=O)O)N(C(=O)[C@H](Oc1ccc(F)cc1F)c1ccccc1)C2. The molecule has 4 aromatic rings. The highest BCUT2D eigenvalue weighted by molar-refractivity contribution is 5.88. The summed E-state index contributed by atoms with van der Waals surface area (Å²) in [4.78, 5) is 27.7. The van der Waals surface area contributed by atoms with Crippen molar-refractivity contribution in [1.82, 2.24) is 4.90 Å². The number of benzene rings is 4. The summed E-state index contributed by atoms with van der Waals surface area (Å²) in [5.74, 6) is -3.31. The molecule has 0 spiro atoms. The number of aliphatic carboxylic acids is 1. The van der Waals surface area contributed by atoms with Gasteiger partial charge in [0.2, 0.25) is 6.10 Å². The first-order chi connectivity index (χ1) is 19.3. The molecule has 6 nitrogen and oxygen atoms in total. The summed E-state index contributed by atoms with van der Waals surface area (Å²) in [6.45, 7) is 2.20. The Hall–Kier alpha value is -4.72. The fourth-order valence-corrected chi connectivity index (χ4v) is 4.87. The Bertz CT molecular complexity index is 1530. The van der Waals surface area contributed by atoms with Gasteiger partial charge in [0, 0.05) is 30.2 Å². The first-order valence-corrected chi connectivity index (χ1v) is 12.8. The van der Waals surface area contributed by atoms with Crippen molar-refractivity contribution in [3.8, 4) is 11.5 Å². The maximum absolute atomic E-state index is 14.5. The lowest BCUT2D eigenvalue weighted by Crippen LogP contribution is -2.51. The monoisotopic (exact) mass is 543 g/mol. The van der Waals surface area contributed by atoms with E-state index in [-0.39, 0.29) is 18.7 Å². The molecule has 1 aliphatic heterocycles. The normalized spacial score (nSPS) is 15.2. The first-order valence-electron chi connectivity index (χ1n) is 12.8. The summed E-state index contributed by atoms with van der Waals surface area (Å²) >= 11 is 0. The molecule has 0 fully saturated rings. The molecule has 0 aromatic heterocycles. The molecule has 0 bridgehead atoms. The molecule has 204 valence electrons. The Morgan fingerprint density at radius 3 is 2.35 bits per heavy atom. The minimum Gasteiger partial charge on any atom is -0.488 e. The van der Waals surface area contributed by atoms with Crippen LogP contribution >= 0.6 is 0 Å². The lowest BCUT2D eigenvalue weighted by atomic mass is 9.90. The molecule has 4 aromatic carbocycles. The van der Waals surface area contributed by atoms with Crippen LogP contribution in [0.2, 0.25) is 0 Å². The maximum Gasteiger partial charge on any atom is 0.326 e. The zero-order valence-electron chi connectivity index (χ0n) is 21.7. The summed E-state index contributed by atoms with van der Waals surface area (Å²) in [6, 6.07) is 23.4. The number of amides is 1. The third-order valence-electron chi connectivity index (χ3n) is 6.93. The molecule has 1 N–H and O–H groups in total. The van der Waals surface area contributed by atoms with Crippen LogP contribution < -0.4 is 9.47 Å². The second kappa shape index (κ2) is 11.6. The molecule has 2 atom stereocenters. The second-order valence-electron chi connectivity index (χ2n) is 9.63. The van der Waals surface area contributed by atoms with Crippen molar-refractivity contribution in [3.63, 3.8) is 0 Å². The van der Waals surface area contributed by atoms with Gasteiger partial charge in [-0.2, -0.15) is 0 Å². The molecule has 0 unspecified atom stereocenters. The van der Waals surface area contributed by atoms with Crippen LogP contribution in [-0.4, -0.2) is 27.9 Å². The lowest BCUT2D eigenvalue weighted by molar-refractivity contribution is -0.155. The number of fused-ring (bicyclic) bond motifs is 1. The lowest BCUT2D eigenvalue weighted by Gasteiger charge is -2.37. The molecular formula is C32H27F2NO5. The summed E-state index contributed by atoms with van der Waals surface area (Å²) in [6.07, 6.45) is -1.34. The predicted molar refractivity (Wildman–Crippen MR) is 144 cm³/mol. The van der Waals surface area contributed by atoms with Gasteiger partial charge in [0.25, 0.3) is 5.91 Å². The van der Waals surface area contributed by atoms with Gasteiger partial charge in [0.1, 0.15) is 24.2 Å². The summed E-state index contributed by atoms with van der Waals surface area (Å²) in [7, 11) is 0. The molecule has 1 heterocycles. The third kappa shape index (κ3) is 5.66. The highest BCUT2D eigenvalue weighted by atomic mass is 19.1. The van der Waals surface area contributed by atoms with Gasteiger partial charge in [-0.05, 0) is 35.7 Å². The number of aryl methyl sites for hydroxylation is 1. The smallest absolute Gasteiger partial charge is 0.326 e. The van der Waals surface area contributed by atoms with E-state index in [1.54, 1.807) is 30.3 Å². The molecule has 5 rings (SSSR count). The van der Waals surface area contributed by atoms with Crippen LogP contribution in [0.3, 0.4) is 0 Å². The number of carbonyl (C=O) groups excluding carboxylic acids is 1. The second-order valence-corrected chi connectivity index (χ2v) is 9.63. The average molecular weight is 544 g/mol. The van der Waals surface area contributed by atoms with Gasteiger partial charge in [-0.3, -0.25) is 4.79 Å². The van der Waals surface area contributed by atoms with E-state index in [1.165, 1.54) is 4.90 Å². The largest absolute Gasteiger partial charge is 0.488 e. The van der Waals surface area contributed by atoms with Crippen molar-refractivity contribution in [2.75, 3.05) is 0 Å². The van der Waals surface area contributed by atoms with Gasteiger partial charge < -0.3 is 19.5 Å². The van der Waals surface area contributed by atoms with E-state index in [9.17, 15) is 23.5 Å². The van der Waals surface area contributed by atoms with Crippen LogP contribution in [0.5, 0.6) is 11.5 Å². The van der Waals surface area contributed by atoms with E-state index >= 15 is 0 Å². The fourth-order valence-electron chi connectivity index (χ4n) is 4.87. The average Bonchev–Trinajstić information content (AvgIpc) is 2.96. The molecule has 0 aliphatic carbocycles. The van der Waals surface area contributed by atoms with E-state index in [4.69, 9.17) is 9.47 Å². The van der Waals surface area contributed by atoms with E-state index in [0.29, 0.717) is 24.0 Å². The molecule has 8 heteroatoms. The van der Waals surface area contributed by atoms with E-state index < -0.39 is 35.7 Å². The van der Waals surface area contributed by atoms with Crippen LogP contribution in [-0.2, 0) is 29.2 Å². The Kier molecular flexibility index (Phi) is 7.77. The third-order valence-corrected chi connectivity index (χ3v) is 6.93. The van der Waals surface area contributed by atoms with Crippen molar-refractivity contribution >= 4 is 11.9 Å². The minimum absolute atomic E-state index is 0.00823. The van der Waals surface area contributed by atoms with Crippen LogP contribution in [0.25, 0.3) is 0 Å². The van der Waals surface area contributed by atoms with Gasteiger partial charge in [-0.25, -0.2) is 13.6 Å². The standard InChI is InChI=1S/C32H27F2NO5/c1-20-12-13-23-18-35(27(32(37)38)17-25(23)29(20)39-19-21-8-4-2-5-9-21)31(36)30(22-10-6-3-7-11-22)40-28-15-14-24(33)16-26(28)34/h2-16,27,30H,17-19H2,1H3,(H,37,38)/t27-,30-/m1/s1. The van der Waals surface area contributed by atoms with Crippen molar-refractivity contribution < 1.29 is 33.0 Å². The van der Waals surface area contributed by atoms with Gasteiger partial charge in [0.05, 0.1) is 0 Å². The molecule has 0 saturated heterocycles.